The first-order valence-electron chi connectivity index (χ1n) is 5.73. The number of hydrogen-bond acceptors (Lipinski definition) is 3. The van der Waals surface area contributed by atoms with E-state index in [0.717, 1.165) is 20.7 Å². The van der Waals surface area contributed by atoms with Crippen molar-refractivity contribution in [2.24, 2.45) is 0 Å². The molecule has 0 aliphatic heterocycles. The average molecular weight is 324 g/mol. The monoisotopic (exact) mass is 323 g/mol. The number of hydrogen-bond donors (Lipinski definition) is 0. The van der Waals surface area contributed by atoms with Crippen LogP contribution in [0.4, 0.5) is 0 Å². The lowest BCUT2D eigenvalue weighted by Gasteiger charge is -2.00. The average Bonchev–Trinajstić information content (AvgIpc) is 2.57. The van der Waals surface area contributed by atoms with E-state index in [9.17, 15) is 4.79 Å². The highest BCUT2D eigenvalue weighted by molar-refractivity contribution is 9.10. The van der Waals surface area contributed by atoms with Gasteiger partial charge in [-0.1, -0.05) is 28.1 Å². The summed E-state index contributed by atoms with van der Waals surface area (Å²) in [5, 5.41) is 0.921. The zero-order valence-corrected chi connectivity index (χ0v) is 12.8. The van der Waals surface area contributed by atoms with Crippen molar-refractivity contribution in [3.8, 4) is 0 Å². The molecule has 4 heteroatoms. The Balaban J connectivity index is 2.01. The highest BCUT2D eigenvalue weighted by Gasteiger charge is 2.10. The Bertz CT molecular complexity index is 557. The third-order valence-corrected chi connectivity index (χ3v) is 4.28. The molecule has 0 saturated heterocycles. The lowest BCUT2D eigenvalue weighted by Crippen LogP contribution is -2.06. The van der Waals surface area contributed by atoms with Gasteiger partial charge in [0, 0.05) is 15.8 Å². The van der Waals surface area contributed by atoms with Crippen LogP contribution in [0.3, 0.4) is 0 Å². The first-order valence-corrected chi connectivity index (χ1v) is 7.34. The van der Waals surface area contributed by atoms with Crippen molar-refractivity contribution < 1.29 is 4.79 Å². The zero-order valence-electron chi connectivity index (χ0n) is 10.4. The van der Waals surface area contributed by atoms with Crippen molar-refractivity contribution in [2.75, 3.05) is 0 Å². The molecule has 0 aliphatic rings. The van der Waals surface area contributed by atoms with Gasteiger partial charge < -0.3 is 0 Å². The van der Waals surface area contributed by atoms with Crippen LogP contribution in [-0.2, 0) is 17.6 Å². The van der Waals surface area contributed by atoms with Crippen LogP contribution in [0.2, 0.25) is 0 Å². The largest absolute Gasteiger partial charge is 0.299 e. The zero-order chi connectivity index (χ0) is 13.1. The molecule has 0 radical (unpaired) electrons. The molecule has 2 aromatic rings. The lowest BCUT2D eigenvalue weighted by molar-refractivity contribution is -0.117. The highest BCUT2D eigenvalue weighted by atomic mass is 79.9. The van der Waals surface area contributed by atoms with Crippen molar-refractivity contribution in [2.45, 2.75) is 26.7 Å². The minimum atomic E-state index is 0.210. The fraction of sp³-hybridized carbons (Fsp3) is 0.286. The minimum Gasteiger partial charge on any atom is -0.299 e. The second kappa shape index (κ2) is 5.76. The van der Waals surface area contributed by atoms with E-state index >= 15 is 0 Å². The van der Waals surface area contributed by atoms with E-state index in [1.807, 2.05) is 38.1 Å². The highest BCUT2D eigenvalue weighted by Crippen LogP contribution is 2.18. The van der Waals surface area contributed by atoms with Crippen LogP contribution in [-0.4, -0.2) is 10.8 Å². The molecule has 0 amide bonds. The number of benzene rings is 1. The van der Waals surface area contributed by atoms with Gasteiger partial charge in [-0.05, 0) is 31.5 Å². The molecular weight excluding hydrogens is 310 g/mol. The molecule has 0 atom stereocenters. The summed E-state index contributed by atoms with van der Waals surface area (Å²) < 4.78 is 1.01. The molecule has 18 heavy (non-hydrogen) atoms. The molecule has 1 heterocycles. The Hall–Kier alpha value is -1.000. The van der Waals surface area contributed by atoms with Crippen molar-refractivity contribution in [3.63, 3.8) is 0 Å². The van der Waals surface area contributed by atoms with Gasteiger partial charge in [0.15, 0.2) is 0 Å². The number of carbonyl (C=O) groups excluding carboxylic acids is 1. The Kier molecular flexibility index (Phi) is 4.30. The van der Waals surface area contributed by atoms with Crippen molar-refractivity contribution in [3.05, 3.63) is 49.9 Å². The molecule has 0 bridgehead atoms. The minimum absolute atomic E-state index is 0.210. The molecular formula is C14H14BrNOS. The van der Waals surface area contributed by atoms with Crippen LogP contribution in [0.1, 0.15) is 21.1 Å². The van der Waals surface area contributed by atoms with E-state index in [4.69, 9.17) is 0 Å². The number of halogens is 1. The smallest absolute Gasteiger partial charge is 0.144 e. The van der Waals surface area contributed by atoms with Crippen LogP contribution in [0.25, 0.3) is 0 Å². The first-order chi connectivity index (χ1) is 8.54. The van der Waals surface area contributed by atoms with E-state index in [0.29, 0.717) is 12.8 Å². The van der Waals surface area contributed by atoms with E-state index in [2.05, 4.69) is 20.9 Å². The van der Waals surface area contributed by atoms with Gasteiger partial charge >= 0.3 is 0 Å². The summed E-state index contributed by atoms with van der Waals surface area (Å²) in [5.41, 5.74) is 2.07. The van der Waals surface area contributed by atoms with Crippen LogP contribution >= 0.6 is 27.3 Å². The van der Waals surface area contributed by atoms with Crippen LogP contribution in [0.5, 0.6) is 0 Å². The third kappa shape index (κ3) is 3.50. The number of thiazole rings is 1. The van der Waals surface area contributed by atoms with E-state index in [1.165, 1.54) is 4.88 Å². The quantitative estimate of drug-likeness (QED) is 0.854. The summed E-state index contributed by atoms with van der Waals surface area (Å²) in [5.74, 6) is 0.210. The van der Waals surface area contributed by atoms with Gasteiger partial charge in [0.1, 0.15) is 10.8 Å². The number of aryl methyl sites for hydroxylation is 2. The molecule has 0 unspecified atom stereocenters. The van der Waals surface area contributed by atoms with Crippen molar-refractivity contribution in [1.29, 1.82) is 0 Å². The number of aromatic nitrogens is 1. The van der Waals surface area contributed by atoms with Crippen molar-refractivity contribution >= 4 is 33.0 Å². The Labute approximate surface area is 119 Å². The maximum atomic E-state index is 12.0. The summed E-state index contributed by atoms with van der Waals surface area (Å²) in [6.45, 7) is 4.02. The van der Waals surface area contributed by atoms with Crippen LogP contribution < -0.4 is 0 Å². The first kappa shape index (κ1) is 13.4. The van der Waals surface area contributed by atoms with Gasteiger partial charge in [0.05, 0.1) is 12.1 Å². The summed E-state index contributed by atoms with van der Waals surface area (Å²) in [6.07, 6.45) is 0.906. The molecule has 2 rings (SSSR count). The SMILES string of the molecule is Cc1nc(CC(=O)Cc2cccc(Br)c2)sc1C. The number of nitrogens with zero attached hydrogens (tertiary/aromatic N) is 1. The standard InChI is InChI=1S/C14H14BrNOS/c1-9-10(2)18-14(16-9)8-13(17)7-11-4-3-5-12(15)6-11/h3-6H,7-8H2,1-2H3. The van der Waals surface area contributed by atoms with Gasteiger partial charge in [-0.15, -0.1) is 11.3 Å². The molecule has 0 aliphatic carbocycles. The van der Waals surface area contributed by atoms with E-state index in [1.54, 1.807) is 11.3 Å². The Morgan fingerprint density at radius 3 is 2.72 bits per heavy atom. The molecule has 1 aromatic heterocycles. The maximum absolute atomic E-state index is 12.0. The number of ketones is 1. The van der Waals surface area contributed by atoms with Crippen LogP contribution in [0.15, 0.2) is 28.7 Å². The summed E-state index contributed by atoms with van der Waals surface area (Å²) in [7, 11) is 0. The van der Waals surface area contributed by atoms with E-state index < -0.39 is 0 Å². The number of rotatable bonds is 4. The van der Waals surface area contributed by atoms with Gasteiger partial charge in [0.25, 0.3) is 0 Å². The van der Waals surface area contributed by atoms with Gasteiger partial charge in [0.2, 0.25) is 0 Å². The predicted molar refractivity (Wildman–Crippen MR) is 78.1 cm³/mol. The second-order valence-electron chi connectivity index (χ2n) is 4.27. The van der Waals surface area contributed by atoms with Gasteiger partial charge in [-0.3, -0.25) is 4.79 Å². The molecule has 94 valence electrons. The van der Waals surface area contributed by atoms with Gasteiger partial charge in [-0.2, -0.15) is 0 Å². The maximum Gasteiger partial charge on any atom is 0.144 e. The van der Waals surface area contributed by atoms with Crippen LogP contribution in [0, 0.1) is 13.8 Å². The summed E-state index contributed by atoms with van der Waals surface area (Å²) in [6, 6.07) is 7.86. The molecule has 0 fully saturated rings. The number of carbonyl (C=O) groups is 1. The molecule has 0 spiro atoms. The topological polar surface area (TPSA) is 30.0 Å². The third-order valence-electron chi connectivity index (χ3n) is 2.71. The molecule has 0 saturated carbocycles. The summed E-state index contributed by atoms with van der Waals surface area (Å²) >= 11 is 5.03. The Morgan fingerprint density at radius 1 is 1.33 bits per heavy atom. The molecule has 2 nitrogen and oxygen atoms in total. The fourth-order valence-corrected chi connectivity index (χ4v) is 3.13. The van der Waals surface area contributed by atoms with Crippen molar-refractivity contribution in [1.82, 2.24) is 4.98 Å². The fourth-order valence-electron chi connectivity index (χ4n) is 1.72. The molecule has 0 N–H and O–H groups in total. The lowest BCUT2D eigenvalue weighted by atomic mass is 10.1. The Morgan fingerprint density at radius 2 is 2.11 bits per heavy atom. The predicted octanol–water partition coefficient (Wildman–Crippen LogP) is 3.88. The summed E-state index contributed by atoms with van der Waals surface area (Å²) in [4.78, 5) is 17.6. The van der Waals surface area contributed by atoms with Gasteiger partial charge in [-0.25, -0.2) is 4.98 Å². The number of Topliss-reactive ketones (excluding diaryl/α,β-unsaturated/α-hetero) is 1. The molecule has 1 aromatic carbocycles. The second-order valence-corrected chi connectivity index (χ2v) is 6.47. The normalized spacial score (nSPS) is 10.6. The van der Waals surface area contributed by atoms with E-state index in [-0.39, 0.29) is 5.78 Å².